The average molecular weight is 485 g/mol. The first-order valence-corrected chi connectivity index (χ1v) is 11.4. The van der Waals surface area contributed by atoms with Crippen LogP contribution in [-0.2, 0) is 20.7 Å². The van der Waals surface area contributed by atoms with Crippen molar-refractivity contribution in [2.75, 3.05) is 5.32 Å². The first-order chi connectivity index (χ1) is 15.5. The zero-order valence-corrected chi connectivity index (χ0v) is 19.1. The first-order valence-electron chi connectivity index (χ1n) is 9.84. The van der Waals surface area contributed by atoms with Gasteiger partial charge in [0.2, 0.25) is 6.10 Å². The van der Waals surface area contributed by atoms with Crippen molar-refractivity contribution in [3.8, 4) is 0 Å². The second kappa shape index (κ2) is 10.1. The first kappa shape index (κ1) is 22.3. The molecule has 1 aromatic heterocycles. The number of rotatable bonds is 7. The molecule has 0 aliphatic heterocycles. The summed E-state index contributed by atoms with van der Waals surface area (Å²) in [6.45, 7) is 0. The van der Waals surface area contributed by atoms with E-state index in [4.69, 9.17) is 27.9 Å². The summed E-state index contributed by atoms with van der Waals surface area (Å²) in [4.78, 5) is 30.1. The lowest BCUT2D eigenvalue weighted by Crippen LogP contribution is -2.26. The number of carbonyl (C=O) groups is 2. The Morgan fingerprint density at radius 3 is 2.38 bits per heavy atom. The number of hydrogen-bond donors (Lipinski definition) is 1. The fraction of sp³-hybridized carbons (Fsp3) is 0.125. The van der Waals surface area contributed by atoms with E-state index in [0.717, 1.165) is 15.2 Å². The molecule has 0 aliphatic rings. The molecule has 1 amide bonds. The summed E-state index contributed by atoms with van der Waals surface area (Å²) >= 11 is 13.6. The molecule has 4 rings (SSSR count). The number of hydrogen-bond acceptors (Lipinski definition) is 5. The Kier molecular flexibility index (Phi) is 7.05. The number of esters is 1. The molecule has 3 aromatic carbocycles. The molecule has 1 N–H and O–H groups in total. The largest absolute Gasteiger partial charge is 0.447 e. The van der Waals surface area contributed by atoms with Gasteiger partial charge < -0.3 is 10.1 Å². The third kappa shape index (κ3) is 5.65. The zero-order valence-electron chi connectivity index (χ0n) is 16.8. The number of fused-ring (bicyclic) bond motifs is 1. The molecule has 0 aliphatic carbocycles. The minimum Gasteiger partial charge on any atom is -0.447 e. The van der Waals surface area contributed by atoms with Gasteiger partial charge >= 0.3 is 5.97 Å². The van der Waals surface area contributed by atoms with Gasteiger partial charge in [0, 0.05) is 27.7 Å². The molecular weight excluding hydrogens is 467 g/mol. The van der Waals surface area contributed by atoms with E-state index >= 15 is 0 Å². The van der Waals surface area contributed by atoms with Crippen molar-refractivity contribution < 1.29 is 14.3 Å². The number of aryl methyl sites for hydroxylation is 1. The van der Waals surface area contributed by atoms with Crippen LogP contribution in [0.15, 0.2) is 72.8 Å². The maximum Gasteiger partial charge on any atom is 0.307 e. The van der Waals surface area contributed by atoms with Crippen LogP contribution < -0.4 is 5.32 Å². The highest BCUT2D eigenvalue weighted by Gasteiger charge is 2.25. The predicted molar refractivity (Wildman–Crippen MR) is 128 cm³/mol. The molecule has 0 unspecified atom stereocenters. The van der Waals surface area contributed by atoms with Crippen molar-refractivity contribution in [3.05, 3.63) is 93.4 Å². The number of nitrogens with zero attached hydrogens (tertiary/aromatic N) is 1. The van der Waals surface area contributed by atoms with Crippen LogP contribution in [0.1, 0.15) is 23.1 Å². The minimum absolute atomic E-state index is 0.111. The highest BCUT2D eigenvalue weighted by Crippen LogP contribution is 2.26. The van der Waals surface area contributed by atoms with Crippen LogP contribution in [-0.4, -0.2) is 16.9 Å². The third-order valence-corrected chi connectivity index (χ3v) is 6.13. The molecule has 8 heteroatoms. The number of carbonyl (C=O) groups excluding carboxylic acids is 2. The summed E-state index contributed by atoms with van der Waals surface area (Å²) in [5, 5.41) is 4.34. The number of para-hydroxylation sites is 1. The van der Waals surface area contributed by atoms with Gasteiger partial charge in [-0.1, -0.05) is 65.7 Å². The lowest BCUT2D eigenvalue weighted by Gasteiger charge is -2.18. The zero-order chi connectivity index (χ0) is 22.5. The van der Waals surface area contributed by atoms with E-state index in [1.54, 1.807) is 53.8 Å². The summed E-state index contributed by atoms with van der Waals surface area (Å²) in [6.07, 6.45) is -0.568. The van der Waals surface area contributed by atoms with Crippen LogP contribution in [0, 0.1) is 0 Å². The van der Waals surface area contributed by atoms with Gasteiger partial charge in [-0.3, -0.25) is 9.59 Å². The van der Waals surface area contributed by atoms with E-state index in [9.17, 15) is 9.59 Å². The van der Waals surface area contributed by atoms with Gasteiger partial charge in [0.05, 0.1) is 21.6 Å². The molecule has 4 aromatic rings. The van der Waals surface area contributed by atoms with Crippen molar-refractivity contribution in [1.82, 2.24) is 4.98 Å². The Morgan fingerprint density at radius 2 is 1.66 bits per heavy atom. The van der Waals surface area contributed by atoms with Gasteiger partial charge in [-0.2, -0.15) is 0 Å². The van der Waals surface area contributed by atoms with Crippen molar-refractivity contribution in [1.29, 1.82) is 0 Å². The van der Waals surface area contributed by atoms with Crippen LogP contribution in [0.5, 0.6) is 0 Å². The number of ether oxygens (including phenoxy) is 1. The number of halogens is 2. The van der Waals surface area contributed by atoms with Gasteiger partial charge in [0.1, 0.15) is 0 Å². The summed E-state index contributed by atoms with van der Waals surface area (Å²) in [5.41, 5.74) is 1.88. The molecular formula is C24H18Cl2N2O3S. The maximum absolute atomic E-state index is 13.0. The second-order valence-electron chi connectivity index (χ2n) is 7.00. The molecule has 162 valence electrons. The highest BCUT2D eigenvalue weighted by molar-refractivity contribution is 7.18. The molecule has 5 nitrogen and oxygen atoms in total. The Morgan fingerprint density at radius 1 is 0.969 bits per heavy atom. The number of anilines is 1. The average Bonchev–Trinajstić information content (AvgIpc) is 3.19. The van der Waals surface area contributed by atoms with E-state index in [1.165, 1.54) is 0 Å². The van der Waals surface area contributed by atoms with Gasteiger partial charge in [0.25, 0.3) is 5.91 Å². The summed E-state index contributed by atoms with van der Waals surface area (Å²) < 4.78 is 6.65. The Balaban J connectivity index is 1.46. The Bertz CT molecular complexity index is 1210. The molecule has 0 radical (unpaired) electrons. The Labute approximate surface area is 199 Å². The maximum atomic E-state index is 13.0. The Hall–Kier alpha value is -2.93. The molecule has 0 saturated carbocycles. The number of nitrogens with one attached hydrogen (secondary N) is 1. The van der Waals surface area contributed by atoms with Gasteiger partial charge in [-0.05, 0) is 30.3 Å². The number of benzene rings is 3. The van der Waals surface area contributed by atoms with Crippen LogP contribution in [0.3, 0.4) is 0 Å². The predicted octanol–water partition coefficient (Wildman–Crippen LogP) is 6.46. The number of amides is 1. The smallest absolute Gasteiger partial charge is 0.307 e. The lowest BCUT2D eigenvalue weighted by molar-refractivity contribution is -0.154. The summed E-state index contributed by atoms with van der Waals surface area (Å²) in [5.74, 6) is -0.986. The molecule has 0 bridgehead atoms. The van der Waals surface area contributed by atoms with Crippen molar-refractivity contribution in [2.45, 2.75) is 18.9 Å². The fourth-order valence-corrected chi connectivity index (χ4v) is 4.65. The molecule has 32 heavy (non-hydrogen) atoms. The standard InChI is InChI=1S/C24H18Cl2N2O3S/c25-16-12-17(26)14-18(13-16)27-24(30)23(15-6-2-1-3-7-15)31-22(29)11-10-21-28-19-8-4-5-9-20(19)32-21/h1-9,12-14,23H,10-11H2,(H,27,30)/t23-/m0/s1. The topological polar surface area (TPSA) is 68.3 Å². The number of thiazole rings is 1. The van der Waals surface area contributed by atoms with Gasteiger partial charge in [-0.15, -0.1) is 11.3 Å². The molecule has 0 spiro atoms. The monoisotopic (exact) mass is 484 g/mol. The SMILES string of the molecule is O=C(CCc1nc2ccccc2s1)O[C@H](C(=O)Nc1cc(Cl)cc(Cl)c1)c1ccccc1. The molecule has 1 atom stereocenters. The fourth-order valence-electron chi connectivity index (χ4n) is 3.16. The van der Waals surface area contributed by atoms with Crippen molar-refractivity contribution in [2.24, 2.45) is 0 Å². The van der Waals surface area contributed by atoms with Crippen LogP contribution in [0.25, 0.3) is 10.2 Å². The summed E-state index contributed by atoms with van der Waals surface area (Å²) in [6, 6.07) is 21.4. The van der Waals surface area contributed by atoms with Gasteiger partial charge in [0.15, 0.2) is 0 Å². The highest BCUT2D eigenvalue weighted by atomic mass is 35.5. The van der Waals surface area contributed by atoms with Crippen molar-refractivity contribution in [3.63, 3.8) is 0 Å². The molecule has 0 fully saturated rings. The molecule has 1 heterocycles. The second-order valence-corrected chi connectivity index (χ2v) is 8.99. The molecule has 0 saturated heterocycles. The van der Waals surface area contributed by atoms with E-state index in [0.29, 0.717) is 27.7 Å². The van der Waals surface area contributed by atoms with Crippen LogP contribution in [0.2, 0.25) is 10.0 Å². The van der Waals surface area contributed by atoms with Gasteiger partial charge in [-0.25, -0.2) is 4.98 Å². The van der Waals surface area contributed by atoms with Crippen LogP contribution >= 0.6 is 34.5 Å². The van der Waals surface area contributed by atoms with Crippen molar-refractivity contribution >= 4 is 62.3 Å². The quantitative estimate of drug-likeness (QED) is 0.305. The van der Waals surface area contributed by atoms with E-state index in [1.807, 2.05) is 30.3 Å². The normalized spacial score (nSPS) is 11.8. The van der Waals surface area contributed by atoms with E-state index < -0.39 is 18.0 Å². The van der Waals surface area contributed by atoms with E-state index in [2.05, 4.69) is 10.3 Å². The minimum atomic E-state index is -1.11. The lowest BCUT2D eigenvalue weighted by atomic mass is 10.1. The third-order valence-electron chi connectivity index (χ3n) is 4.60. The van der Waals surface area contributed by atoms with Crippen LogP contribution in [0.4, 0.5) is 5.69 Å². The summed E-state index contributed by atoms with van der Waals surface area (Å²) in [7, 11) is 0. The van der Waals surface area contributed by atoms with E-state index in [-0.39, 0.29) is 6.42 Å². The number of aromatic nitrogens is 1.